The van der Waals surface area contributed by atoms with Gasteiger partial charge in [-0.3, -0.25) is 0 Å². The molecule has 42 valence electrons. The van der Waals surface area contributed by atoms with Crippen molar-refractivity contribution in [2.45, 2.75) is 6.41 Å². The van der Waals surface area contributed by atoms with E-state index in [0.29, 0.717) is 0 Å². The first-order valence-electron chi connectivity index (χ1n) is 1.67. The van der Waals surface area contributed by atoms with E-state index in [0.717, 1.165) is 0 Å². The van der Waals surface area contributed by atoms with Gasteiger partial charge in [0.1, 0.15) is 0 Å². The van der Waals surface area contributed by atoms with Crippen LogP contribution in [0.3, 0.4) is 0 Å². The third kappa shape index (κ3) is 1.43. The summed E-state index contributed by atoms with van der Waals surface area (Å²) in [6.45, 7) is 0. The first kappa shape index (κ1) is 6.70. The average Bonchev–Trinajstić information content (AvgIpc) is 1.69. The second-order valence-corrected chi connectivity index (χ2v) is 0.916. The summed E-state index contributed by atoms with van der Waals surface area (Å²) in [5, 5.41) is 31.8. The lowest BCUT2D eigenvalue weighted by atomic mass is 10.8. The Hall–Kier alpha value is -1.30. The first-order valence-corrected chi connectivity index (χ1v) is 1.67. The Labute approximate surface area is 45.6 Å². The number of hydrogen-bond acceptors (Lipinski definition) is 5. The Morgan fingerprint density at radius 1 is 1.25 bits per heavy atom. The van der Waals surface area contributed by atoms with Gasteiger partial charge in [-0.15, -0.1) is 0 Å². The number of nitrogens with zero attached hydrogens (tertiary/aromatic N) is 3. The van der Waals surface area contributed by atoms with Crippen LogP contribution < -0.4 is 0 Å². The summed E-state index contributed by atoms with van der Waals surface area (Å²) in [5.41, 5.74) is 0. The molecule has 0 saturated carbocycles. The average molecular weight is 113 g/mol. The van der Waals surface area contributed by atoms with Crippen molar-refractivity contribution < 1.29 is 10.2 Å². The Balaban J connectivity index is 3.81. The highest BCUT2D eigenvalue weighted by Gasteiger charge is 2.05. The van der Waals surface area contributed by atoms with Gasteiger partial charge in [-0.2, -0.15) is 15.4 Å². The molecule has 0 saturated heterocycles. The highest BCUT2D eigenvalue weighted by Crippen LogP contribution is 1.83. The van der Waals surface area contributed by atoms with Gasteiger partial charge in [-0.1, -0.05) is 0 Å². The Morgan fingerprint density at radius 2 is 1.62 bits per heavy atom. The molecule has 0 bridgehead atoms. The molecule has 0 rings (SSSR count). The summed E-state index contributed by atoms with van der Waals surface area (Å²) >= 11 is 0. The van der Waals surface area contributed by atoms with E-state index in [4.69, 9.17) is 20.7 Å². The van der Waals surface area contributed by atoms with Crippen molar-refractivity contribution in [3.05, 3.63) is 0 Å². The molecule has 2 N–H and O–H groups in total. The largest absolute Gasteiger partial charge is 0.350 e. The van der Waals surface area contributed by atoms with Crippen LogP contribution in [0.5, 0.6) is 0 Å². The van der Waals surface area contributed by atoms with E-state index in [1.807, 2.05) is 0 Å². The molecule has 0 radical (unpaired) electrons. The van der Waals surface area contributed by atoms with Crippen molar-refractivity contribution in [2.75, 3.05) is 0 Å². The second-order valence-electron chi connectivity index (χ2n) is 0.916. The van der Waals surface area contributed by atoms with Crippen LogP contribution in [0.25, 0.3) is 0 Å². The molecule has 0 aromatic rings. The zero-order chi connectivity index (χ0) is 6.57. The molecule has 0 aromatic heterocycles. The van der Waals surface area contributed by atoms with Gasteiger partial charge in [0, 0.05) is 0 Å². The molecule has 8 heavy (non-hydrogen) atoms. The van der Waals surface area contributed by atoms with E-state index < -0.39 is 6.41 Å². The molecule has 0 spiro atoms. The molecule has 0 atom stereocenters. The standard InChI is InChI=1S/C3H3N3O2/c4-1-6(2-5)3(7)8/h3,7-8H. The predicted molar refractivity (Wildman–Crippen MR) is 21.3 cm³/mol. The SMILES string of the molecule is N#CN(C#N)C(O)O. The number of rotatable bonds is 1. The van der Waals surface area contributed by atoms with E-state index in [9.17, 15) is 0 Å². The Morgan fingerprint density at radius 3 is 1.62 bits per heavy atom. The van der Waals surface area contributed by atoms with E-state index in [1.165, 1.54) is 12.4 Å². The summed E-state index contributed by atoms with van der Waals surface area (Å²) < 4.78 is 0. The zero-order valence-electron chi connectivity index (χ0n) is 3.81. The van der Waals surface area contributed by atoms with Crippen molar-refractivity contribution in [2.24, 2.45) is 0 Å². The van der Waals surface area contributed by atoms with Gasteiger partial charge in [0.05, 0.1) is 0 Å². The van der Waals surface area contributed by atoms with Gasteiger partial charge < -0.3 is 10.2 Å². The van der Waals surface area contributed by atoms with Crippen molar-refractivity contribution in [1.29, 1.82) is 10.5 Å². The van der Waals surface area contributed by atoms with Crippen LogP contribution in [0, 0.1) is 22.9 Å². The molecule has 5 heteroatoms. The third-order valence-electron chi connectivity index (χ3n) is 0.446. The van der Waals surface area contributed by atoms with Gasteiger partial charge in [-0.25, -0.2) is 0 Å². The number of nitriles is 2. The van der Waals surface area contributed by atoms with Crippen molar-refractivity contribution >= 4 is 0 Å². The van der Waals surface area contributed by atoms with Crippen molar-refractivity contribution in [3.8, 4) is 12.4 Å². The van der Waals surface area contributed by atoms with E-state index >= 15 is 0 Å². The first-order chi connectivity index (χ1) is 3.72. The molecule has 0 aromatic carbocycles. The highest BCUT2D eigenvalue weighted by atomic mass is 16.5. The number of aliphatic hydroxyl groups is 2. The van der Waals surface area contributed by atoms with Gasteiger partial charge >= 0.3 is 0 Å². The maximum atomic E-state index is 8.05. The molecule has 0 amide bonds. The molecular formula is C3H3N3O2. The summed E-state index contributed by atoms with van der Waals surface area (Å²) in [6, 6.07) is 0. The number of hydrogen-bond donors (Lipinski definition) is 2. The zero-order valence-corrected chi connectivity index (χ0v) is 3.81. The quantitative estimate of drug-likeness (QED) is 0.246. The molecule has 0 fully saturated rings. The Kier molecular flexibility index (Phi) is 2.35. The summed E-state index contributed by atoms with van der Waals surface area (Å²) in [4.78, 5) is 0.139. The summed E-state index contributed by atoms with van der Waals surface area (Å²) in [7, 11) is 0. The van der Waals surface area contributed by atoms with E-state index in [1.54, 1.807) is 0 Å². The van der Waals surface area contributed by atoms with Crippen LogP contribution in [0.15, 0.2) is 0 Å². The third-order valence-corrected chi connectivity index (χ3v) is 0.446. The lowest BCUT2D eigenvalue weighted by Crippen LogP contribution is -2.25. The minimum absolute atomic E-state index is 0.139. The molecule has 0 aliphatic heterocycles. The molecule has 5 nitrogen and oxygen atoms in total. The summed E-state index contributed by atoms with van der Waals surface area (Å²) in [6.07, 6.45) is 0.438. The normalized spacial score (nSPS) is 7.62. The predicted octanol–water partition coefficient (Wildman–Crippen LogP) is -1.48. The topological polar surface area (TPSA) is 91.3 Å². The maximum Gasteiger partial charge on any atom is 0.257 e. The van der Waals surface area contributed by atoms with Crippen molar-refractivity contribution in [1.82, 2.24) is 4.90 Å². The van der Waals surface area contributed by atoms with Crippen LogP contribution in [0.2, 0.25) is 0 Å². The van der Waals surface area contributed by atoms with Crippen LogP contribution in [-0.2, 0) is 0 Å². The van der Waals surface area contributed by atoms with Gasteiger partial charge in [-0.05, 0) is 0 Å². The molecule has 0 aliphatic rings. The van der Waals surface area contributed by atoms with E-state index in [-0.39, 0.29) is 4.90 Å². The van der Waals surface area contributed by atoms with Crippen LogP contribution in [0.4, 0.5) is 0 Å². The van der Waals surface area contributed by atoms with Crippen LogP contribution in [0.1, 0.15) is 0 Å². The van der Waals surface area contributed by atoms with Gasteiger partial charge in [0.25, 0.3) is 6.41 Å². The van der Waals surface area contributed by atoms with Gasteiger partial charge in [0.2, 0.25) is 0 Å². The van der Waals surface area contributed by atoms with Crippen LogP contribution in [-0.4, -0.2) is 21.5 Å². The minimum Gasteiger partial charge on any atom is -0.350 e. The fourth-order valence-electron chi connectivity index (χ4n) is 0.126. The maximum absolute atomic E-state index is 8.05. The number of aliphatic hydroxyl groups excluding tert-OH is 1. The second kappa shape index (κ2) is 2.80. The fraction of sp³-hybridized carbons (Fsp3) is 0.333. The lowest BCUT2D eigenvalue weighted by molar-refractivity contribution is -0.109. The van der Waals surface area contributed by atoms with E-state index in [2.05, 4.69) is 0 Å². The monoisotopic (exact) mass is 113 g/mol. The smallest absolute Gasteiger partial charge is 0.257 e. The van der Waals surface area contributed by atoms with Gasteiger partial charge in [0.15, 0.2) is 12.4 Å². The highest BCUT2D eigenvalue weighted by molar-refractivity contribution is 4.84. The lowest BCUT2D eigenvalue weighted by Gasteiger charge is -2.04. The Bertz CT molecular complexity index is 128. The van der Waals surface area contributed by atoms with Crippen molar-refractivity contribution in [3.63, 3.8) is 0 Å². The summed E-state index contributed by atoms with van der Waals surface area (Å²) in [5.74, 6) is 0. The molecular weight excluding hydrogens is 110 g/mol. The molecule has 0 aliphatic carbocycles. The van der Waals surface area contributed by atoms with Crippen LogP contribution >= 0.6 is 0 Å². The molecule has 0 unspecified atom stereocenters. The minimum atomic E-state index is -2.01. The molecule has 0 heterocycles. The fourth-order valence-corrected chi connectivity index (χ4v) is 0.126.